The highest BCUT2D eigenvalue weighted by Crippen LogP contribution is 2.24. The Labute approximate surface area is 56.2 Å². The first-order valence-electron chi connectivity index (χ1n) is 2.11. The molecule has 0 radical (unpaired) electrons. The Balaban J connectivity index is 0. The standard InChI is InChI=1S/C4H2F4.C2H4/c1-2-3(5)4(6,7)8;1-2/h1H2;1-2H2. The Hall–Kier alpha value is -1.02. The van der Waals surface area contributed by atoms with Crippen LogP contribution in [0.5, 0.6) is 0 Å². The summed E-state index contributed by atoms with van der Waals surface area (Å²) in [5, 5.41) is 0. The smallest absolute Gasteiger partial charge is 0.193 e. The van der Waals surface area contributed by atoms with Crippen LogP contribution in [0.4, 0.5) is 17.6 Å². The van der Waals surface area contributed by atoms with E-state index in [1.54, 1.807) is 0 Å². The molecular weight excluding hydrogens is 148 g/mol. The van der Waals surface area contributed by atoms with Gasteiger partial charge in [0.25, 0.3) is 0 Å². The van der Waals surface area contributed by atoms with Crippen molar-refractivity contribution in [1.82, 2.24) is 0 Å². The zero-order chi connectivity index (χ0) is 8.78. The van der Waals surface area contributed by atoms with Gasteiger partial charge in [0, 0.05) is 0 Å². The maximum atomic E-state index is 11.3. The molecule has 4 heteroatoms. The minimum atomic E-state index is -4.91. The first-order chi connectivity index (χ1) is 4.48. The van der Waals surface area contributed by atoms with Crippen molar-refractivity contribution in [1.29, 1.82) is 0 Å². The molecule has 0 atom stereocenters. The third kappa shape index (κ3) is 5.12. The largest absolute Gasteiger partial charge is 0.450 e. The first-order valence-corrected chi connectivity index (χ1v) is 2.11. The highest BCUT2D eigenvalue weighted by Gasteiger charge is 2.34. The minimum absolute atomic E-state index is 1.08. The average molecular weight is 154 g/mol. The van der Waals surface area contributed by atoms with E-state index in [-0.39, 0.29) is 0 Å². The van der Waals surface area contributed by atoms with Gasteiger partial charge < -0.3 is 0 Å². The molecule has 0 aliphatic rings. The van der Waals surface area contributed by atoms with Gasteiger partial charge in [-0.25, -0.2) is 0 Å². The molecular formula is C6H6F4. The van der Waals surface area contributed by atoms with E-state index in [1.807, 2.05) is 0 Å². The summed E-state index contributed by atoms with van der Waals surface area (Å²) in [6, 6.07) is 0. The van der Waals surface area contributed by atoms with Crippen molar-refractivity contribution in [3.8, 4) is 0 Å². The molecule has 0 aliphatic heterocycles. The maximum absolute atomic E-state index is 11.3. The molecule has 0 aromatic rings. The van der Waals surface area contributed by atoms with E-state index in [0.29, 0.717) is 0 Å². The minimum Gasteiger partial charge on any atom is -0.193 e. The van der Waals surface area contributed by atoms with Gasteiger partial charge in [-0.1, -0.05) is 12.3 Å². The molecule has 0 fully saturated rings. The van der Waals surface area contributed by atoms with Crippen molar-refractivity contribution >= 4 is 0 Å². The summed E-state index contributed by atoms with van der Waals surface area (Å²) in [4.78, 5) is 0. The van der Waals surface area contributed by atoms with Gasteiger partial charge in [-0.3, -0.25) is 0 Å². The van der Waals surface area contributed by atoms with Crippen molar-refractivity contribution in [2.75, 3.05) is 0 Å². The van der Waals surface area contributed by atoms with E-state index in [2.05, 4.69) is 19.7 Å². The van der Waals surface area contributed by atoms with E-state index in [4.69, 9.17) is 0 Å². The molecule has 58 valence electrons. The summed E-state index contributed by atoms with van der Waals surface area (Å²) in [6.07, 6.45) is -4.91. The van der Waals surface area contributed by atoms with Gasteiger partial charge in [0.2, 0.25) is 5.83 Å². The van der Waals surface area contributed by atoms with Crippen LogP contribution in [-0.4, -0.2) is 6.18 Å². The van der Waals surface area contributed by atoms with Crippen molar-refractivity contribution in [2.45, 2.75) is 6.18 Å². The van der Waals surface area contributed by atoms with Crippen LogP contribution in [0, 0.1) is 0 Å². The second-order valence-corrected chi connectivity index (χ2v) is 0.989. The zero-order valence-electron chi connectivity index (χ0n) is 5.13. The number of halogens is 4. The molecule has 0 saturated heterocycles. The van der Waals surface area contributed by atoms with E-state index >= 15 is 0 Å². The van der Waals surface area contributed by atoms with Crippen LogP contribution in [0.25, 0.3) is 0 Å². The highest BCUT2D eigenvalue weighted by molar-refractivity contribution is 4.94. The topological polar surface area (TPSA) is 0 Å². The lowest BCUT2D eigenvalue weighted by molar-refractivity contribution is -0.108. The van der Waals surface area contributed by atoms with Gasteiger partial charge in [-0.05, 0) is 0 Å². The molecule has 0 bridgehead atoms. The van der Waals surface area contributed by atoms with Crippen LogP contribution in [0.3, 0.4) is 0 Å². The molecule has 10 heavy (non-hydrogen) atoms. The van der Waals surface area contributed by atoms with Crippen molar-refractivity contribution in [2.24, 2.45) is 0 Å². The number of hydrogen-bond donors (Lipinski definition) is 0. The Morgan fingerprint density at radius 2 is 1.50 bits per heavy atom. The highest BCUT2D eigenvalue weighted by atomic mass is 19.4. The predicted octanol–water partition coefficient (Wildman–Crippen LogP) is 2.99. The monoisotopic (exact) mass is 154 g/mol. The third-order valence-electron chi connectivity index (χ3n) is 0.404. The molecule has 0 spiro atoms. The van der Waals surface area contributed by atoms with Gasteiger partial charge in [0.05, 0.1) is 0 Å². The second kappa shape index (κ2) is 4.82. The molecule has 0 aromatic carbocycles. The Morgan fingerprint density at radius 3 is 1.50 bits per heavy atom. The van der Waals surface area contributed by atoms with Gasteiger partial charge in [-0.2, -0.15) is 17.6 Å². The SMILES string of the molecule is C=C.C=C=C(F)C(F)(F)F. The molecule has 0 saturated carbocycles. The second-order valence-electron chi connectivity index (χ2n) is 0.989. The normalized spacial score (nSPS) is 8.80. The summed E-state index contributed by atoms with van der Waals surface area (Å²) in [5.74, 6) is -2.28. The van der Waals surface area contributed by atoms with Crippen LogP contribution < -0.4 is 0 Å². The summed E-state index contributed by atoms with van der Waals surface area (Å²) in [5.41, 5.74) is 1.08. The van der Waals surface area contributed by atoms with E-state index < -0.39 is 12.0 Å². The Bertz CT molecular complexity index is 138. The number of hydrogen-bond acceptors (Lipinski definition) is 0. The van der Waals surface area contributed by atoms with Gasteiger partial charge in [0.1, 0.15) is 0 Å². The van der Waals surface area contributed by atoms with Gasteiger partial charge in [-0.15, -0.1) is 13.2 Å². The Morgan fingerprint density at radius 1 is 1.20 bits per heavy atom. The molecule has 0 N–H and O–H groups in total. The van der Waals surface area contributed by atoms with Crippen molar-refractivity contribution < 1.29 is 17.6 Å². The van der Waals surface area contributed by atoms with Gasteiger partial charge in [0.15, 0.2) is 0 Å². The van der Waals surface area contributed by atoms with Crippen LogP contribution in [0.15, 0.2) is 31.3 Å². The molecule has 0 rings (SSSR count). The average Bonchev–Trinajstić information content (AvgIpc) is 1.89. The van der Waals surface area contributed by atoms with Crippen LogP contribution in [0.1, 0.15) is 0 Å². The molecule has 0 aromatic heterocycles. The molecule has 0 aliphatic carbocycles. The summed E-state index contributed by atoms with van der Waals surface area (Å²) in [6.45, 7) is 8.47. The Kier molecular flexibility index (Phi) is 5.66. The summed E-state index contributed by atoms with van der Waals surface area (Å²) < 4.78 is 44.1. The summed E-state index contributed by atoms with van der Waals surface area (Å²) >= 11 is 0. The fraction of sp³-hybridized carbons (Fsp3) is 0.167. The fourth-order valence-electron chi connectivity index (χ4n) is 0.100. The quantitative estimate of drug-likeness (QED) is 0.286. The fourth-order valence-corrected chi connectivity index (χ4v) is 0.100. The van der Waals surface area contributed by atoms with Crippen LogP contribution in [-0.2, 0) is 0 Å². The lowest BCUT2D eigenvalue weighted by Crippen LogP contribution is -2.06. The number of allylic oxidation sites excluding steroid dienone is 1. The summed E-state index contributed by atoms with van der Waals surface area (Å²) in [7, 11) is 0. The molecule has 0 nitrogen and oxygen atoms in total. The van der Waals surface area contributed by atoms with Crippen molar-refractivity contribution in [3.63, 3.8) is 0 Å². The van der Waals surface area contributed by atoms with Crippen LogP contribution in [0.2, 0.25) is 0 Å². The maximum Gasteiger partial charge on any atom is 0.450 e. The third-order valence-corrected chi connectivity index (χ3v) is 0.404. The number of alkyl halides is 3. The lowest BCUT2D eigenvalue weighted by Gasteiger charge is -1.96. The van der Waals surface area contributed by atoms with E-state index in [0.717, 1.165) is 5.73 Å². The molecule has 0 heterocycles. The molecule has 0 unspecified atom stereocenters. The predicted molar refractivity (Wildman–Crippen MR) is 31.1 cm³/mol. The lowest BCUT2D eigenvalue weighted by atomic mass is 10.5. The van der Waals surface area contributed by atoms with Gasteiger partial charge >= 0.3 is 6.18 Å². The molecule has 0 amide bonds. The van der Waals surface area contributed by atoms with Crippen LogP contribution >= 0.6 is 0 Å². The van der Waals surface area contributed by atoms with E-state index in [9.17, 15) is 17.6 Å². The van der Waals surface area contributed by atoms with E-state index in [1.165, 1.54) is 0 Å². The first kappa shape index (κ1) is 11.7. The van der Waals surface area contributed by atoms with Crippen molar-refractivity contribution in [3.05, 3.63) is 31.3 Å². The number of rotatable bonds is 0. The zero-order valence-corrected chi connectivity index (χ0v) is 5.13.